The van der Waals surface area contributed by atoms with Gasteiger partial charge in [0.15, 0.2) is 10.5 Å². The minimum Gasteiger partial charge on any atom is -0.223 e. The largest absolute Gasteiger partial charge is 0.256 e. The molecule has 1 aromatic rings. The lowest BCUT2D eigenvalue weighted by Crippen LogP contribution is -2.12. The molecule has 9 heavy (non-hydrogen) atoms. The minimum absolute atomic E-state index is 0.118. The molecule has 49 valence electrons. The smallest absolute Gasteiger partial charge is 0.223 e. The summed E-state index contributed by atoms with van der Waals surface area (Å²) in [5, 5.41) is 5.91. The lowest BCUT2D eigenvalue weighted by molar-refractivity contribution is 0.595. The summed E-state index contributed by atoms with van der Waals surface area (Å²) in [6.45, 7) is 0. The average Bonchev–Trinajstić information content (AvgIpc) is 2.08. The van der Waals surface area contributed by atoms with Gasteiger partial charge in [-0.05, 0) is 0 Å². The van der Waals surface area contributed by atoms with Gasteiger partial charge in [0, 0.05) is 5.38 Å². The zero-order valence-corrected chi connectivity index (χ0v) is 5.87. The van der Waals surface area contributed by atoms with E-state index >= 15 is 0 Å². The molecule has 0 amide bonds. The molecule has 0 spiro atoms. The van der Waals surface area contributed by atoms with E-state index in [1.165, 1.54) is 5.38 Å². The molecule has 0 aromatic carbocycles. The number of aromatic nitrogens is 1. The van der Waals surface area contributed by atoms with Gasteiger partial charge in [0.1, 0.15) is 0 Å². The van der Waals surface area contributed by atoms with Crippen molar-refractivity contribution in [3.05, 3.63) is 10.9 Å². The maximum Gasteiger partial charge on any atom is 0.256 e. The van der Waals surface area contributed by atoms with Crippen LogP contribution in [0.4, 0.5) is 0 Å². The van der Waals surface area contributed by atoms with E-state index in [0.717, 1.165) is 11.3 Å². The van der Waals surface area contributed by atoms with Crippen LogP contribution < -0.4 is 5.14 Å². The van der Waals surface area contributed by atoms with Crippen LogP contribution in [0.25, 0.3) is 0 Å². The van der Waals surface area contributed by atoms with Gasteiger partial charge in [-0.1, -0.05) is 0 Å². The molecule has 1 rings (SSSR count). The molecule has 1 radical (unpaired) electrons. The third kappa shape index (κ3) is 1.47. The molecule has 4 nitrogen and oxygen atoms in total. The van der Waals surface area contributed by atoms with E-state index in [0.29, 0.717) is 0 Å². The third-order valence-electron chi connectivity index (χ3n) is 0.660. The number of sulfonamides is 1. The Balaban J connectivity index is 3.20. The van der Waals surface area contributed by atoms with Crippen LogP contribution in [0, 0.1) is 5.51 Å². The lowest BCUT2D eigenvalue weighted by Gasteiger charge is -1.85. The Kier molecular flexibility index (Phi) is 1.52. The van der Waals surface area contributed by atoms with Crippen LogP contribution in [0.15, 0.2) is 10.4 Å². The Morgan fingerprint density at radius 3 is 2.67 bits per heavy atom. The van der Waals surface area contributed by atoms with Crippen LogP contribution in [0.3, 0.4) is 0 Å². The van der Waals surface area contributed by atoms with E-state index in [2.05, 4.69) is 10.5 Å². The van der Waals surface area contributed by atoms with Crippen LogP contribution in [-0.2, 0) is 10.0 Å². The van der Waals surface area contributed by atoms with Crippen molar-refractivity contribution in [1.29, 1.82) is 0 Å². The van der Waals surface area contributed by atoms with Crippen LogP contribution in [0.2, 0.25) is 0 Å². The maximum atomic E-state index is 10.4. The average molecular weight is 163 g/mol. The highest BCUT2D eigenvalue weighted by atomic mass is 32.2. The van der Waals surface area contributed by atoms with Crippen LogP contribution in [-0.4, -0.2) is 13.4 Å². The van der Waals surface area contributed by atoms with Gasteiger partial charge in [0.25, 0.3) is 10.0 Å². The van der Waals surface area contributed by atoms with Crippen molar-refractivity contribution in [3.8, 4) is 0 Å². The highest BCUT2D eigenvalue weighted by Gasteiger charge is 2.07. The Hall–Kier alpha value is -0.460. The monoisotopic (exact) mass is 163 g/mol. The van der Waals surface area contributed by atoms with Crippen molar-refractivity contribution in [2.75, 3.05) is 0 Å². The number of nitrogens with two attached hydrogens (primary N) is 1. The molecule has 6 heteroatoms. The number of thiazole rings is 1. The summed E-state index contributed by atoms with van der Waals surface area (Å²) in [5.74, 6) is 0. The summed E-state index contributed by atoms with van der Waals surface area (Å²) in [6.07, 6.45) is 0. The van der Waals surface area contributed by atoms with Crippen LogP contribution in [0.1, 0.15) is 0 Å². The molecule has 0 fully saturated rings. The van der Waals surface area contributed by atoms with E-state index in [9.17, 15) is 8.42 Å². The first-order valence-electron chi connectivity index (χ1n) is 1.95. The van der Waals surface area contributed by atoms with Gasteiger partial charge in [-0.25, -0.2) is 18.5 Å². The first-order chi connectivity index (χ1) is 4.11. The molecule has 0 aliphatic carbocycles. The second-order valence-corrected chi connectivity index (χ2v) is 3.48. The topological polar surface area (TPSA) is 73.1 Å². The zero-order valence-electron chi connectivity index (χ0n) is 4.23. The summed E-state index contributed by atoms with van der Waals surface area (Å²) < 4.78 is 20.8. The summed E-state index contributed by atoms with van der Waals surface area (Å²) in [4.78, 5) is 3.37. The third-order valence-corrected chi connectivity index (χ3v) is 2.14. The van der Waals surface area contributed by atoms with Gasteiger partial charge in [0.05, 0.1) is 0 Å². The van der Waals surface area contributed by atoms with E-state index in [-0.39, 0.29) is 5.03 Å². The van der Waals surface area contributed by atoms with Gasteiger partial charge in [0.2, 0.25) is 0 Å². The molecular formula is C3H3N2O2S2. The number of hydrogen-bond donors (Lipinski definition) is 1. The van der Waals surface area contributed by atoms with Crippen molar-refractivity contribution < 1.29 is 8.42 Å². The van der Waals surface area contributed by atoms with E-state index in [4.69, 9.17) is 5.14 Å². The summed E-state index contributed by atoms with van der Waals surface area (Å²) in [6, 6.07) is 0. The van der Waals surface area contributed by atoms with Gasteiger partial charge < -0.3 is 0 Å². The molecule has 0 bridgehead atoms. The molecule has 0 aliphatic heterocycles. The normalized spacial score (nSPS) is 11.7. The first kappa shape index (κ1) is 6.66. The molecule has 0 unspecified atom stereocenters. The van der Waals surface area contributed by atoms with Gasteiger partial charge >= 0.3 is 0 Å². The number of rotatable bonds is 1. The molecule has 0 saturated carbocycles. The Bertz CT molecular complexity index is 275. The fourth-order valence-electron chi connectivity index (χ4n) is 0.305. The molecule has 1 aromatic heterocycles. The quantitative estimate of drug-likeness (QED) is 0.611. The summed E-state index contributed by atoms with van der Waals surface area (Å²) >= 11 is 1.07. The highest BCUT2D eigenvalue weighted by molar-refractivity contribution is 7.89. The Morgan fingerprint density at radius 2 is 2.44 bits per heavy atom. The van der Waals surface area contributed by atoms with Crippen LogP contribution >= 0.6 is 11.3 Å². The zero-order chi connectivity index (χ0) is 6.91. The van der Waals surface area contributed by atoms with Gasteiger partial charge in [-0.2, -0.15) is 0 Å². The fourth-order valence-corrected chi connectivity index (χ4v) is 1.57. The summed E-state index contributed by atoms with van der Waals surface area (Å²) in [5.41, 5.74) is 2.37. The van der Waals surface area contributed by atoms with Crippen molar-refractivity contribution in [1.82, 2.24) is 4.98 Å². The molecule has 0 atom stereocenters. The Labute approximate surface area is 56.4 Å². The molecule has 2 N–H and O–H groups in total. The second kappa shape index (κ2) is 2.05. The van der Waals surface area contributed by atoms with Crippen molar-refractivity contribution in [2.45, 2.75) is 5.03 Å². The molecule has 0 saturated heterocycles. The second-order valence-electron chi connectivity index (χ2n) is 1.32. The molecule has 1 heterocycles. The molecular weight excluding hydrogens is 160 g/mol. The SMILES string of the molecule is NS(=O)(=O)c1cs[c]n1. The standard InChI is InChI=1S/C3H3N2O2S2/c4-9(6,7)3-1-8-2-5-3/h1H,(H2,4,6,7). The lowest BCUT2D eigenvalue weighted by atomic mass is 11.0. The van der Waals surface area contributed by atoms with Crippen molar-refractivity contribution >= 4 is 21.4 Å². The first-order valence-corrected chi connectivity index (χ1v) is 4.37. The van der Waals surface area contributed by atoms with E-state index < -0.39 is 10.0 Å². The summed E-state index contributed by atoms with van der Waals surface area (Å²) in [7, 11) is -3.59. The number of hydrogen-bond acceptors (Lipinski definition) is 4. The van der Waals surface area contributed by atoms with Gasteiger partial charge in [-0.3, -0.25) is 0 Å². The molecule has 0 aliphatic rings. The fraction of sp³-hybridized carbons (Fsp3) is 0. The van der Waals surface area contributed by atoms with Gasteiger partial charge in [-0.15, -0.1) is 11.3 Å². The van der Waals surface area contributed by atoms with Crippen molar-refractivity contribution in [3.63, 3.8) is 0 Å². The van der Waals surface area contributed by atoms with E-state index in [1.807, 2.05) is 0 Å². The van der Waals surface area contributed by atoms with E-state index in [1.54, 1.807) is 0 Å². The predicted octanol–water partition coefficient (Wildman–Crippen LogP) is -0.409. The minimum atomic E-state index is -3.59. The van der Waals surface area contributed by atoms with Crippen molar-refractivity contribution in [2.24, 2.45) is 5.14 Å². The predicted molar refractivity (Wildman–Crippen MR) is 32.3 cm³/mol. The number of nitrogens with zero attached hydrogens (tertiary/aromatic N) is 1. The Morgan fingerprint density at radius 1 is 1.78 bits per heavy atom. The van der Waals surface area contributed by atoms with Crippen LogP contribution in [0.5, 0.6) is 0 Å². The number of primary sulfonamides is 1. The highest BCUT2D eigenvalue weighted by Crippen LogP contribution is 2.04. The maximum absolute atomic E-state index is 10.4.